The van der Waals surface area contributed by atoms with E-state index in [9.17, 15) is 14.0 Å². The van der Waals surface area contributed by atoms with Crippen molar-refractivity contribution >= 4 is 23.6 Å². The molecule has 158 valence electrons. The van der Waals surface area contributed by atoms with E-state index < -0.39 is 18.0 Å². The molecule has 1 atom stereocenters. The topological polar surface area (TPSA) is 99.7 Å². The highest BCUT2D eigenvalue weighted by atomic mass is 19.1. The number of hydrogen-bond acceptors (Lipinski definition) is 7. The van der Waals surface area contributed by atoms with E-state index >= 15 is 0 Å². The first-order valence-corrected chi connectivity index (χ1v) is 9.81. The summed E-state index contributed by atoms with van der Waals surface area (Å²) in [7, 11) is 0. The molecule has 1 aromatic heterocycles. The zero-order valence-electron chi connectivity index (χ0n) is 16.6. The molecule has 0 radical (unpaired) electrons. The number of anilines is 2. The number of halogens is 1. The number of hydrogen-bond donors (Lipinski definition) is 2. The molecule has 2 fully saturated rings. The van der Waals surface area contributed by atoms with Gasteiger partial charge in [0.1, 0.15) is 11.9 Å². The third-order valence-corrected chi connectivity index (χ3v) is 5.07. The monoisotopic (exact) mass is 414 g/mol. The molecule has 0 aliphatic carbocycles. The summed E-state index contributed by atoms with van der Waals surface area (Å²) in [5.74, 6) is -0.0588. The number of cyclic esters (lactones) is 1. The Morgan fingerprint density at radius 1 is 1.30 bits per heavy atom. The Hall–Kier alpha value is -3.27. The molecule has 0 bridgehead atoms. The zero-order chi connectivity index (χ0) is 21.1. The Kier molecular flexibility index (Phi) is 5.75. The first-order chi connectivity index (χ1) is 14.5. The highest BCUT2D eigenvalue weighted by Gasteiger charge is 2.32. The number of piperazine rings is 1. The minimum Gasteiger partial charge on any atom is -0.442 e. The van der Waals surface area contributed by atoms with Crippen LogP contribution in [-0.4, -0.2) is 67.3 Å². The fourth-order valence-corrected chi connectivity index (χ4v) is 3.49. The van der Waals surface area contributed by atoms with Gasteiger partial charge in [-0.05, 0) is 18.2 Å². The standard InChI is InChI=1S/C20H23FN6O3/c1-13(28)23-11-16-12-27(20(29)30-16)15-2-3-17(18(21)8-15)14-9-24-19(25-10-14)26-6-4-22-5-7-26/h2-3,8-10,16,22H,4-7,11-12H2,1H3,(H,23,28)/t16-/m0/s1. The lowest BCUT2D eigenvalue weighted by Crippen LogP contribution is -2.44. The van der Waals surface area contributed by atoms with Crippen molar-refractivity contribution in [1.29, 1.82) is 0 Å². The average molecular weight is 414 g/mol. The number of benzene rings is 1. The number of rotatable bonds is 5. The van der Waals surface area contributed by atoms with Crippen LogP contribution in [-0.2, 0) is 9.53 Å². The molecule has 2 N–H and O–H groups in total. The van der Waals surface area contributed by atoms with E-state index in [1.807, 2.05) is 0 Å². The third-order valence-electron chi connectivity index (χ3n) is 5.07. The lowest BCUT2D eigenvalue weighted by molar-refractivity contribution is -0.119. The number of ether oxygens (including phenoxy) is 1. The van der Waals surface area contributed by atoms with Crippen molar-refractivity contribution < 1.29 is 18.7 Å². The van der Waals surface area contributed by atoms with Gasteiger partial charge in [0.05, 0.1) is 18.8 Å². The number of carbonyl (C=O) groups is 2. The molecule has 9 nitrogen and oxygen atoms in total. The molecule has 2 aromatic rings. The van der Waals surface area contributed by atoms with E-state index in [1.54, 1.807) is 24.5 Å². The van der Waals surface area contributed by atoms with Crippen molar-refractivity contribution in [1.82, 2.24) is 20.6 Å². The number of nitrogens with zero attached hydrogens (tertiary/aromatic N) is 4. The number of aromatic nitrogens is 2. The van der Waals surface area contributed by atoms with Gasteiger partial charge >= 0.3 is 6.09 Å². The average Bonchev–Trinajstić information content (AvgIpc) is 3.13. The summed E-state index contributed by atoms with van der Waals surface area (Å²) in [5, 5.41) is 5.89. The van der Waals surface area contributed by atoms with Crippen LogP contribution < -0.4 is 20.4 Å². The molecular formula is C20H23FN6O3. The second kappa shape index (κ2) is 8.62. The second-order valence-electron chi connectivity index (χ2n) is 7.23. The third kappa shape index (κ3) is 4.33. The molecule has 0 spiro atoms. The minimum absolute atomic E-state index is 0.204. The van der Waals surface area contributed by atoms with E-state index in [0.717, 1.165) is 26.2 Å². The molecule has 2 saturated heterocycles. The molecule has 2 aliphatic heterocycles. The van der Waals surface area contributed by atoms with Gasteiger partial charge < -0.3 is 20.3 Å². The zero-order valence-corrected chi connectivity index (χ0v) is 16.6. The van der Waals surface area contributed by atoms with Crippen molar-refractivity contribution in [2.45, 2.75) is 13.0 Å². The maximum Gasteiger partial charge on any atom is 0.414 e. The number of amides is 2. The summed E-state index contributed by atoms with van der Waals surface area (Å²) in [6, 6.07) is 4.55. The summed E-state index contributed by atoms with van der Waals surface area (Å²) >= 11 is 0. The van der Waals surface area contributed by atoms with Crippen molar-refractivity contribution in [2.24, 2.45) is 0 Å². The normalized spacial score (nSPS) is 19.0. The molecule has 30 heavy (non-hydrogen) atoms. The minimum atomic E-state index is -0.568. The summed E-state index contributed by atoms with van der Waals surface area (Å²) < 4.78 is 20.0. The Morgan fingerprint density at radius 2 is 2.03 bits per heavy atom. The summed E-state index contributed by atoms with van der Waals surface area (Å²) in [6.07, 6.45) is 2.17. The Bertz CT molecular complexity index is 933. The van der Waals surface area contributed by atoms with E-state index in [0.29, 0.717) is 22.8 Å². The molecule has 3 heterocycles. The van der Waals surface area contributed by atoms with Gasteiger partial charge in [-0.15, -0.1) is 0 Å². The predicted octanol–water partition coefficient (Wildman–Crippen LogP) is 1.15. The fourth-order valence-electron chi connectivity index (χ4n) is 3.49. The SMILES string of the molecule is CC(=O)NC[C@H]1CN(c2ccc(-c3cnc(N4CCNCC4)nc3)c(F)c2)C(=O)O1. The highest BCUT2D eigenvalue weighted by molar-refractivity contribution is 5.90. The lowest BCUT2D eigenvalue weighted by atomic mass is 10.1. The molecule has 2 aliphatic rings. The van der Waals surface area contributed by atoms with Crippen molar-refractivity contribution in [3.63, 3.8) is 0 Å². The first kappa shape index (κ1) is 20.0. The van der Waals surface area contributed by atoms with Crippen LogP contribution in [0.25, 0.3) is 11.1 Å². The number of carbonyl (C=O) groups excluding carboxylic acids is 2. The first-order valence-electron chi connectivity index (χ1n) is 9.81. The van der Waals surface area contributed by atoms with Crippen LogP contribution in [0.3, 0.4) is 0 Å². The van der Waals surface area contributed by atoms with Crippen molar-refractivity contribution in [2.75, 3.05) is 49.1 Å². The van der Waals surface area contributed by atoms with E-state index in [1.165, 1.54) is 17.9 Å². The van der Waals surface area contributed by atoms with Gasteiger partial charge in [0, 0.05) is 56.6 Å². The summed E-state index contributed by atoms with van der Waals surface area (Å²) in [6.45, 7) is 5.27. The summed E-state index contributed by atoms with van der Waals surface area (Å²) in [5.41, 5.74) is 1.31. The van der Waals surface area contributed by atoms with Crippen LogP contribution in [0.5, 0.6) is 0 Å². The Labute approximate surface area is 173 Å². The van der Waals surface area contributed by atoms with Gasteiger partial charge in [0.15, 0.2) is 0 Å². The molecule has 0 saturated carbocycles. The Morgan fingerprint density at radius 3 is 2.70 bits per heavy atom. The molecular weight excluding hydrogens is 391 g/mol. The maximum absolute atomic E-state index is 14.8. The van der Waals surface area contributed by atoms with Crippen LogP contribution >= 0.6 is 0 Å². The van der Waals surface area contributed by atoms with Crippen LogP contribution in [0.4, 0.5) is 20.8 Å². The quantitative estimate of drug-likeness (QED) is 0.757. The molecule has 2 amide bonds. The highest BCUT2D eigenvalue weighted by Crippen LogP contribution is 2.29. The number of nitrogens with one attached hydrogen (secondary N) is 2. The molecule has 10 heteroatoms. The van der Waals surface area contributed by atoms with Gasteiger partial charge in [-0.25, -0.2) is 19.2 Å². The maximum atomic E-state index is 14.8. The van der Waals surface area contributed by atoms with Gasteiger partial charge in [0.2, 0.25) is 11.9 Å². The van der Waals surface area contributed by atoms with Gasteiger partial charge in [-0.1, -0.05) is 0 Å². The molecule has 4 rings (SSSR count). The largest absolute Gasteiger partial charge is 0.442 e. The second-order valence-corrected chi connectivity index (χ2v) is 7.23. The smallest absolute Gasteiger partial charge is 0.414 e. The van der Waals surface area contributed by atoms with Gasteiger partial charge in [0.25, 0.3) is 0 Å². The van der Waals surface area contributed by atoms with Gasteiger partial charge in [-0.3, -0.25) is 9.69 Å². The predicted molar refractivity (Wildman–Crippen MR) is 109 cm³/mol. The van der Waals surface area contributed by atoms with Crippen molar-refractivity contribution in [3.8, 4) is 11.1 Å². The van der Waals surface area contributed by atoms with Crippen LogP contribution in [0, 0.1) is 5.82 Å². The van der Waals surface area contributed by atoms with Crippen LogP contribution in [0.2, 0.25) is 0 Å². The Balaban J connectivity index is 1.47. The molecule has 0 unspecified atom stereocenters. The lowest BCUT2D eigenvalue weighted by Gasteiger charge is -2.27. The molecule has 1 aromatic carbocycles. The summed E-state index contributed by atoms with van der Waals surface area (Å²) in [4.78, 5) is 35.3. The van der Waals surface area contributed by atoms with Crippen molar-refractivity contribution in [3.05, 3.63) is 36.4 Å². The van der Waals surface area contributed by atoms with E-state index in [-0.39, 0.29) is 19.0 Å². The van der Waals surface area contributed by atoms with E-state index in [4.69, 9.17) is 4.74 Å². The van der Waals surface area contributed by atoms with E-state index in [2.05, 4.69) is 25.5 Å². The van der Waals surface area contributed by atoms with Gasteiger partial charge in [-0.2, -0.15) is 0 Å². The fraction of sp³-hybridized carbons (Fsp3) is 0.400. The van der Waals surface area contributed by atoms with Crippen LogP contribution in [0.1, 0.15) is 6.92 Å². The van der Waals surface area contributed by atoms with Crippen LogP contribution in [0.15, 0.2) is 30.6 Å².